The number of nitrogens with one attached hydrogen (secondary N) is 1. The first-order chi connectivity index (χ1) is 9.72. The number of rotatable bonds is 7. The van der Waals surface area contributed by atoms with Crippen molar-refractivity contribution in [3.05, 3.63) is 45.4 Å². The quantitative estimate of drug-likeness (QED) is 0.585. The van der Waals surface area contributed by atoms with Crippen LogP contribution in [0.3, 0.4) is 0 Å². The van der Waals surface area contributed by atoms with E-state index in [1.807, 2.05) is 24.3 Å². The van der Waals surface area contributed by atoms with Crippen molar-refractivity contribution in [3.63, 3.8) is 0 Å². The van der Waals surface area contributed by atoms with Gasteiger partial charge < -0.3 is 19.2 Å². The molecule has 1 aromatic carbocycles. The van der Waals surface area contributed by atoms with Gasteiger partial charge in [0.1, 0.15) is 5.76 Å². The fraction of sp³-hybridized carbons (Fsp3) is 0.333. The summed E-state index contributed by atoms with van der Waals surface area (Å²) >= 11 is 2.17. The lowest BCUT2D eigenvalue weighted by atomic mass is 10.1. The second kappa shape index (κ2) is 7.54. The number of benzene rings is 1. The molecule has 5 heteroatoms. The molecular formula is C15H18INO3. The van der Waals surface area contributed by atoms with E-state index < -0.39 is 0 Å². The van der Waals surface area contributed by atoms with Gasteiger partial charge in [0.25, 0.3) is 0 Å². The zero-order valence-corrected chi connectivity index (χ0v) is 13.8. The maximum absolute atomic E-state index is 5.49. The fourth-order valence-corrected chi connectivity index (χ4v) is 2.39. The van der Waals surface area contributed by atoms with E-state index in [-0.39, 0.29) is 0 Å². The highest BCUT2D eigenvalue weighted by Crippen LogP contribution is 2.27. The summed E-state index contributed by atoms with van der Waals surface area (Å²) in [6.45, 7) is 1.63. The molecule has 2 rings (SSSR count). The van der Waals surface area contributed by atoms with Crippen molar-refractivity contribution in [1.29, 1.82) is 0 Å². The summed E-state index contributed by atoms with van der Waals surface area (Å²) < 4.78 is 16.9. The Bertz CT molecular complexity index is 554. The van der Waals surface area contributed by atoms with E-state index >= 15 is 0 Å². The van der Waals surface area contributed by atoms with Crippen LogP contribution in [0.25, 0.3) is 0 Å². The van der Waals surface area contributed by atoms with Gasteiger partial charge in [-0.15, -0.1) is 0 Å². The molecular weight excluding hydrogens is 369 g/mol. The third kappa shape index (κ3) is 4.14. The molecule has 0 aliphatic carbocycles. The van der Waals surface area contributed by atoms with E-state index in [1.54, 1.807) is 14.2 Å². The summed E-state index contributed by atoms with van der Waals surface area (Å²) in [7, 11) is 3.29. The van der Waals surface area contributed by atoms with Crippen LogP contribution in [0.1, 0.15) is 11.3 Å². The monoisotopic (exact) mass is 387 g/mol. The number of furan rings is 1. The van der Waals surface area contributed by atoms with Gasteiger partial charge in [-0.1, -0.05) is 6.07 Å². The maximum atomic E-state index is 5.49. The summed E-state index contributed by atoms with van der Waals surface area (Å²) in [4.78, 5) is 0. The fourth-order valence-electron chi connectivity index (χ4n) is 1.93. The van der Waals surface area contributed by atoms with Gasteiger partial charge in [0.15, 0.2) is 15.3 Å². The number of halogens is 1. The lowest BCUT2D eigenvalue weighted by Gasteiger charge is -2.09. The molecule has 0 bridgehead atoms. The zero-order chi connectivity index (χ0) is 14.4. The van der Waals surface area contributed by atoms with Gasteiger partial charge in [-0.3, -0.25) is 0 Å². The van der Waals surface area contributed by atoms with Crippen molar-refractivity contribution >= 4 is 22.6 Å². The highest BCUT2D eigenvalue weighted by atomic mass is 127. The lowest BCUT2D eigenvalue weighted by molar-refractivity contribution is 0.354. The highest BCUT2D eigenvalue weighted by Gasteiger charge is 2.04. The van der Waals surface area contributed by atoms with Gasteiger partial charge in [0, 0.05) is 0 Å². The Morgan fingerprint density at radius 2 is 1.90 bits per heavy atom. The van der Waals surface area contributed by atoms with Gasteiger partial charge in [0.05, 0.1) is 20.8 Å². The predicted octanol–water partition coefficient (Wildman–Crippen LogP) is 3.23. The smallest absolute Gasteiger partial charge is 0.164 e. The minimum Gasteiger partial charge on any atom is -0.493 e. The molecule has 20 heavy (non-hydrogen) atoms. The van der Waals surface area contributed by atoms with Crippen LogP contribution in [0, 0.1) is 3.77 Å². The molecule has 108 valence electrons. The van der Waals surface area contributed by atoms with E-state index in [0.29, 0.717) is 0 Å². The molecule has 0 radical (unpaired) electrons. The third-order valence-corrected chi connectivity index (χ3v) is 3.55. The molecule has 0 fully saturated rings. The maximum Gasteiger partial charge on any atom is 0.164 e. The largest absolute Gasteiger partial charge is 0.493 e. The summed E-state index contributed by atoms with van der Waals surface area (Å²) in [6, 6.07) is 9.95. The van der Waals surface area contributed by atoms with Crippen molar-refractivity contribution in [1.82, 2.24) is 5.32 Å². The van der Waals surface area contributed by atoms with E-state index in [4.69, 9.17) is 13.9 Å². The second-order valence-electron chi connectivity index (χ2n) is 4.32. The van der Waals surface area contributed by atoms with Gasteiger partial charge in [-0.2, -0.15) is 0 Å². The molecule has 1 N–H and O–H groups in total. The molecule has 0 saturated carbocycles. The Morgan fingerprint density at radius 3 is 2.55 bits per heavy atom. The molecule has 4 nitrogen and oxygen atoms in total. The van der Waals surface area contributed by atoms with Crippen LogP contribution >= 0.6 is 22.6 Å². The van der Waals surface area contributed by atoms with E-state index in [2.05, 4.69) is 34.0 Å². The van der Waals surface area contributed by atoms with Crippen LogP contribution in [0.15, 0.2) is 34.7 Å². The first kappa shape index (κ1) is 15.2. The van der Waals surface area contributed by atoms with Gasteiger partial charge in [0.2, 0.25) is 0 Å². The van der Waals surface area contributed by atoms with Crippen LogP contribution in [-0.2, 0) is 13.0 Å². The number of hydrogen-bond donors (Lipinski definition) is 1. The zero-order valence-electron chi connectivity index (χ0n) is 11.6. The molecule has 0 amide bonds. The molecule has 0 unspecified atom stereocenters. The van der Waals surface area contributed by atoms with E-state index in [0.717, 1.165) is 40.5 Å². The molecule has 1 heterocycles. The summed E-state index contributed by atoms with van der Waals surface area (Å²) in [5, 5.41) is 3.36. The lowest BCUT2D eigenvalue weighted by Crippen LogP contribution is -2.16. The van der Waals surface area contributed by atoms with Crippen molar-refractivity contribution in [2.75, 3.05) is 20.8 Å². The molecule has 0 aliphatic rings. The standard InChI is InChI=1S/C15H18INO3/c1-18-13-5-3-11(9-14(13)19-2)7-8-17-10-12-4-6-15(16)20-12/h3-6,9,17H,7-8,10H2,1-2H3. The molecule has 2 aromatic rings. The first-order valence-electron chi connectivity index (χ1n) is 6.38. The average Bonchev–Trinajstić information content (AvgIpc) is 2.89. The van der Waals surface area contributed by atoms with Gasteiger partial charge in [-0.25, -0.2) is 0 Å². The molecule has 0 saturated heterocycles. The molecule has 0 atom stereocenters. The summed E-state index contributed by atoms with van der Waals surface area (Å²) in [5.74, 6) is 2.49. The van der Waals surface area contributed by atoms with E-state index in [1.165, 1.54) is 5.56 Å². The molecule has 0 aliphatic heterocycles. The SMILES string of the molecule is COc1ccc(CCNCc2ccc(I)o2)cc1OC. The first-order valence-corrected chi connectivity index (χ1v) is 7.46. The minimum atomic E-state index is 0.746. The molecule has 1 aromatic heterocycles. The van der Waals surface area contributed by atoms with Gasteiger partial charge >= 0.3 is 0 Å². The Balaban J connectivity index is 1.82. The minimum absolute atomic E-state index is 0.746. The van der Waals surface area contributed by atoms with E-state index in [9.17, 15) is 0 Å². The van der Waals surface area contributed by atoms with Crippen LogP contribution in [0.5, 0.6) is 11.5 Å². The normalized spacial score (nSPS) is 10.6. The number of ether oxygens (including phenoxy) is 2. The van der Waals surface area contributed by atoms with Crippen molar-refractivity contribution in [3.8, 4) is 11.5 Å². The van der Waals surface area contributed by atoms with Crippen LogP contribution in [-0.4, -0.2) is 20.8 Å². The number of methoxy groups -OCH3 is 2. The Kier molecular flexibility index (Phi) is 5.72. The second-order valence-corrected chi connectivity index (χ2v) is 5.39. The van der Waals surface area contributed by atoms with Crippen molar-refractivity contribution < 1.29 is 13.9 Å². The predicted molar refractivity (Wildman–Crippen MR) is 86.4 cm³/mol. The van der Waals surface area contributed by atoms with Crippen molar-refractivity contribution in [2.24, 2.45) is 0 Å². The highest BCUT2D eigenvalue weighted by molar-refractivity contribution is 14.1. The summed E-state index contributed by atoms with van der Waals surface area (Å²) in [5.41, 5.74) is 1.21. The van der Waals surface area contributed by atoms with Crippen LogP contribution < -0.4 is 14.8 Å². The Hall–Kier alpha value is -1.21. The topological polar surface area (TPSA) is 43.6 Å². The number of hydrogen-bond acceptors (Lipinski definition) is 4. The van der Waals surface area contributed by atoms with Crippen LogP contribution in [0.2, 0.25) is 0 Å². The van der Waals surface area contributed by atoms with Gasteiger partial charge in [-0.05, 0) is 65.4 Å². The average molecular weight is 387 g/mol. The molecule has 0 spiro atoms. The van der Waals surface area contributed by atoms with Crippen molar-refractivity contribution in [2.45, 2.75) is 13.0 Å². The summed E-state index contributed by atoms with van der Waals surface area (Å²) in [6.07, 6.45) is 0.929. The van der Waals surface area contributed by atoms with Crippen LogP contribution in [0.4, 0.5) is 0 Å². The Morgan fingerprint density at radius 1 is 1.10 bits per heavy atom. The third-order valence-electron chi connectivity index (χ3n) is 2.97. The Labute approximate surface area is 132 Å².